The Labute approximate surface area is 574 Å². The number of nitrogens with zero attached hydrogens (tertiary/aromatic N) is 6. The molecular weight excluding hydrogens is 1190 g/mol. The molecule has 0 amide bonds. The van der Waals surface area contributed by atoms with E-state index in [2.05, 4.69) is 333 Å². The summed E-state index contributed by atoms with van der Waals surface area (Å²) in [5.74, 6) is 1.39. The summed E-state index contributed by atoms with van der Waals surface area (Å²) in [6.45, 7) is 22.7. The molecule has 6 nitrogen and oxygen atoms in total. The van der Waals surface area contributed by atoms with Crippen molar-refractivity contribution >= 4 is 43.6 Å². The number of rotatable bonds is 11. The van der Waals surface area contributed by atoms with Gasteiger partial charge < -0.3 is 9.13 Å². The Balaban J connectivity index is 0.718. The smallest absolute Gasteiger partial charge is 0.160 e. The van der Waals surface area contributed by atoms with Crippen LogP contribution in [0.2, 0.25) is 0 Å². The second kappa shape index (κ2) is 24.2. The number of benzene rings is 12. The van der Waals surface area contributed by atoms with Crippen LogP contribution in [0.3, 0.4) is 0 Å². The molecule has 12 aromatic carbocycles. The zero-order valence-electron chi connectivity index (χ0n) is 57.2. The lowest BCUT2D eigenvalue weighted by molar-refractivity contribution is 0.590. The molecule has 4 heterocycles. The van der Waals surface area contributed by atoms with Crippen LogP contribution in [0, 0.1) is 27.7 Å². The monoisotopic (exact) mass is 1260 g/mol. The van der Waals surface area contributed by atoms with E-state index in [1.165, 1.54) is 82.6 Å². The second-order valence-electron chi connectivity index (χ2n) is 28.5. The molecule has 0 unspecified atom stereocenters. The molecule has 4 aromatic heterocycles. The van der Waals surface area contributed by atoms with Crippen LogP contribution in [0.25, 0.3) is 156 Å². The maximum atomic E-state index is 5.38. The van der Waals surface area contributed by atoms with E-state index in [1.807, 2.05) is 24.3 Å². The van der Waals surface area contributed by atoms with Crippen LogP contribution >= 0.6 is 0 Å². The Bertz CT molecular complexity index is 5640. The lowest BCUT2D eigenvalue weighted by Gasteiger charge is -2.19. The van der Waals surface area contributed by atoms with Gasteiger partial charge in [-0.25, -0.2) is 19.9 Å². The van der Waals surface area contributed by atoms with E-state index in [-0.39, 0.29) is 10.8 Å². The van der Waals surface area contributed by atoms with E-state index in [0.29, 0.717) is 11.6 Å². The van der Waals surface area contributed by atoms with Gasteiger partial charge in [0, 0.05) is 66.3 Å². The Morgan fingerprint density at radius 1 is 0.255 bits per heavy atom. The molecule has 98 heavy (non-hydrogen) atoms. The number of hydrogen-bond acceptors (Lipinski definition) is 4. The third kappa shape index (κ3) is 11.2. The molecule has 0 aliphatic rings. The molecule has 16 aromatic rings. The number of aromatic nitrogens is 6. The van der Waals surface area contributed by atoms with Crippen LogP contribution in [0.4, 0.5) is 0 Å². The Morgan fingerprint density at radius 2 is 0.684 bits per heavy atom. The first-order valence-electron chi connectivity index (χ1n) is 34.1. The van der Waals surface area contributed by atoms with Crippen LogP contribution in [0.1, 0.15) is 74.9 Å². The van der Waals surface area contributed by atoms with E-state index in [1.54, 1.807) is 0 Å². The third-order valence-corrected chi connectivity index (χ3v) is 19.8. The maximum Gasteiger partial charge on any atom is 0.160 e. The topological polar surface area (TPSA) is 61.4 Å². The quantitative estimate of drug-likeness (QED) is 0.129. The SMILES string of the molecule is Cc1cc(-c2cc(C)c(-n3c4ccccc4c4c(-c5ccc(-c6cc(-c7ccccc7)nc(-c7cccc(-c8ccc(-n9c%10ccc(C(C)(C)C)cc%10c%10cc(C(C)(C)C)ccc%109)cc8)c7)n6)cc5)cccc43)cc2C)c(C)cc1-c1cc(-c2ccccc2)nc(-c2ccccc2)n1. The van der Waals surface area contributed by atoms with Gasteiger partial charge in [-0.3, -0.25) is 0 Å². The highest BCUT2D eigenvalue weighted by Gasteiger charge is 2.24. The second-order valence-corrected chi connectivity index (χ2v) is 28.5. The molecule has 16 rings (SSSR count). The van der Waals surface area contributed by atoms with Gasteiger partial charge in [-0.15, -0.1) is 0 Å². The molecule has 0 spiro atoms. The highest BCUT2D eigenvalue weighted by atomic mass is 15.0. The number of aryl methyl sites for hydroxylation is 4. The fourth-order valence-electron chi connectivity index (χ4n) is 14.5. The van der Waals surface area contributed by atoms with Gasteiger partial charge in [0.1, 0.15) is 0 Å². The summed E-state index contributed by atoms with van der Waals surface area (Å²) in [6.07, 6.45) is 0. The van der Waals surface area contributed by atoms with E-state index >= 15 is 0 Å². The fraction of sp³-hybridized carbons (Fsp3) is 0.130. The maximum absolute atomic E-state index is 5.38. The third-order valence-electron chi connectivity index (χ3n) is 19.8. The average molecular weight is 1270 g/mol. The zero-order chi connectivity index (χ0) is 67.1. The van der Waals surface area contributed by atoms with Gasteiger partial charge in [0.15, 0.2) is 11.6 Å². The summed E-state index contributed by atoms with van der Waals surface area (Å²) in [5.41, 5.74) is 31.2. The normalized spacial score (nSPS) is 12.0. The van der Waals surface area contributed by atoms with E-state index in [4.69, 9.17) is 19.9 Å². The van der Waals surface area contributed by atoms with Crippen molar-refractivity contribution in [2.45, 2.75) is 80.1 Å². The van der Waals surface area contributed by atoms with Gasteiger partial charge in [0.2, 0.25) is 0 Å². The van der Waals surface area contributed by atoms with Gasteiger partial charge in [0.25, 0.3) is 0 Å². The van der Waals surface area contributed by atoms with Gasteiger partial charge in [0.05, 0.1) is 44.8 Å². The summed E-state index contributed by atoms with van der Waals surface area (Å²) in [6, 6.07) is 101. The molecule has 0 fully saturated rings. The Hall–Kier alpha value is -11.6. The van der Waals surface area contributed by atoms with Crippen molar-refractivity contribution in [3.63, 3.8) is 0 Å². The molecule has 0 N–H and O–H groups in total. The van der Waals surface area contributed by atoms with Crippen molar-refractivity contribution in [3.05, 3.63) is 312 Å². The molecule has 0 aliphatic carbocycles. The van der Waals surface area contributed by atoms with Crippen molar-refractivity contribution in [1.29, 1.82) is 0 Å². The first kappa shape index (κ1) is 61.3. The van der Waals surface area contributed by atoms with Crippen molar-refractivity contribution in [2.75, 3.05) is 0 Å². The lowest BCUT2D eigenvalue weighted by atomic mass is 9.85. The molecule has 0 atom stereocenters. The Morgan fingerprint density at radius 3 is 1.29 bits per heavy atom. The standard InChI is InChI=1S/C92H76N6/c1-57-49-76(82-56-81(64-26-16-12-17-27-64)93-89(96-82)66-28-18-13-19-29-66)58(2)48-74(57)75-50-60(4)87(51-59(75)3)98-83-34-21-20-32-73(83)88-72(33-23-35-86(88)98)62-36-38-65(39-37-62)80-55-79(63-24-14-11-15-25-63)94-90(95-80)68-31-22-30-67(52-68)61-40-44-71(45-41-61)97-84-46-42-69(91(5,6)7)53-77(84)78-54-70(92(8,9)10)43-47-85(78)97/h11-56H,1-10H3. The van der Waals surface area contributed by atoms with E-state index in [0.717, 1.165) is 95.3 Å². The molecule has 6 heteroatoms. The fourth-order valence-corrected chi connectivity index (χ4v) is 14.5. The molecule has 0 bridgehead atoms. The number of para-hydroxylation sites is 1. The molecule has 0 saturated carbocycles. The first-order valence-corrected chi connectivity index (χ1v) is 34.1. The van der Waals surface area contributed by atoms with Crippen molar-refractivity contribution in [1.82, 2.24) is 29.1 Å². The van der Waals surface area contributed by atoms with Crippen molar-refractivity contribution in [2.24, 2.45) is 0 Å². The van der Waals surface area contributed by atoms with Crippen LogP contribution in [0.5, 0.6) is 0 Å². The van der Waals surface area contributed by atoms with Crippen LogP contribution < -0.4 is 0 Å². The minimum absolute atomic E-state index is 0.0314. The van der Waals surface area contributed by atoms with Gasteiger partial charge in [-0.1, -0.05) is 236 Å². The highest BCUT2D eigenvalue weighted by Crippen LogP contribution is 2.44. The first-order chi connectivity index (χ1) is 47.5. The number of fused-ring (bicyclic) bond motifs is 6. The summed E-state index contributed by atoms with van der Waals surface area (Å²) in [4.78, 5) is 21.0. The Kier molecular flexibility index (Phi) is 15.2. The van der Waals surface area contributed by atoms with Gasteiger partial charge in [-0.2, -0.15) is 0 Å². The summed E-state index contributed by atoms with van der Waals surface area (Å²) < 4.78 is 4.89. The molecule has 0 aliphatic heterocycles. The van der Waals surface area contributed by atoms with Crippen LogP contribution in [0.15, 0.2) is 279 Å². The van der Waals surface area contributed by atoms with E-state index in [9.17, 15) is 0 Å². The van der Waals surface area contributed by atoms with Gasteiger partial charge >= 0.3 is 0 Å². The predicted octanol–water partition coefficient (Wildman–Crippen LogP) is 24.3. The lowest BCUT2D eigenvalue weighted by Crippen LogP contribution is -2.10. The molecule has 0 saturated heterocycles. The zero-order valence-corrected chi connectivity index (χ0v) is 57.2. The average Bonchev–Trinajstić information content (AvgIpc) is 1.53. The van der Waals surface area contributed by atoms with Crippen LogP contribution in [-0.2, 0) is 10.8 Å². The minimum atomic E-state index is 0.0314. The minimum Gasteiger partial charge on any atom is -0.309 e. The van der Waals surface area contributed by atoms with Crippen molar-refractivity contribution in [3.8, 4) is 113 Å². The largest absolute Gasteiger partial charge is 0.309 e. The predicted molar refractivity (Wildman–Crippen MR) is 412 cm³/mol. The van der Waals surface area contributed by atoms with Gasteiger partial charge in [-0.05, 0) is 190 Å². The molecule has 474 valence electrons. The summed E-state index contributed by atoms with van der Waals surface area (Å²) in [7, 11) is 0. The molecule has 0 radical (unpaired) electrons. The highest BCUT2D eigenvalue weighted by molar-refractivity contribution is 6.16. The van der Waals surface area contributed by atoms with E-state index < -0.39 is 0 Å². The van der Waals surface area contributed by atoms with Crippen molar-refractivity contribution < 1.29 is 0 Å². The van der Waals surface area contributed by atoms with Crippen LogP contribution in [-0.4, -0.2) is 29.1 Å². The number of hydrogen-bond donors (Lipinski definition) is 0. The summed E-state index contributed by atoms with van der Waals surface area (Å²) in [5, 5.41) is 5.00. The molecular formula is C92H76N6. The summed E-state index contributed by atoms with van der Waals surface area (Å²) >= 11 is 0.